The molecule has 0 aliphatic carbocycles. The average molecular weight is 420 g/mol. The molecule has 3 aromatic rings. The number of hydrogen-bond acceptors (Lipinski definition) is 3. The van der Waals surface area contributed by atoms with Crippen molar-refractivity contribution in [2.45, 2.75) is 25.8 Å². The van der Waals surface area contributed by atoms with Crippen LogP contribution in [0.1, 0.15) is 29.7 Å². The van der Waals surface area contributed by atoms with Gasteiger partial charge in [0.2, 0.25) is 11.8 Å². The number of ether oxygens (including phenoxy) is 1. The monoisotopic (exact) mass is 420 g/mol. The summed E-state index contributed by atoms with van der Waals surface area (Å²) in [5, 5.41) is 5.79. The summed E-state index contributed by atoms with van der Waals surface area (Å²) in [4.78, 5) is 23.9. The zero-order valence-electron chi connectivity index (χ0n) is 17.5. The molecule has 0 radical (unpaired) electrons. The highest BCUT2D eigenvalue weighted by Crippen LogP contribution is 2.22. The normalized spacial score (nSPS) is 11.5. The Morgan fingerprint density at radius 3 is 2.10 bits per heavy atom. The van der Waals surface area contributed by atoms with Crippen LogP contribution in [0, 0.1) is 5.82 Å². The predicted molar refractivity (Wildman–Crippen MR) is 118 cm³/mol. The van der Waals surface area contributed by atoms with Gasteiger partial charge < -0.3 is 15.4 Å². The number of amides is 2. The van der Waals surface area contributed by atoms with Crippen molar-refractivity contribution in [2.75, 3.05) is 12.4 Å². The highest BCUT2D eigenvalue weighted by Gasteiger charge is 2.16. The van der Waals surface area contributed by atoms with Gasteiger partial charge in [-0.1, -0.05) is 36.4 Å². The van der Waals surface area contributed by atoms with Crippen molar-refractivity contribution in [3.8, 4) is 5.75 Å². The van der Waals surface area contributed by atoms with Gasteiger partial charge in [-0.25, -0.2) is 4.39 Å². The molecule has 0 aliphatic rings. The number of hydrogen-bond donors (Lipinski definition) is 2. The Morgan fingerprint density at radius 2 is 1.52 bits per heavy atom. The van der Waals surface area contributed by atoms with Crippen LogP contribution in [0.4, 0.5) is 10.1 Å². The number of nitrogens with one attached hydrogen (secondary N) is 2. The summed E-state index contributed by atoms with van der Waals surface area (Å²) < 4.78 is 18.5. The molecule has 0 aliphatic heterocycles. The van der Waals surface area contributed by atoms with Crippen molar-refractivity contribution in [3.63, 3.8) is 0 Å². The first-order chi connectivity index (χ1) is 14.9. The van der Waals surface area contributed by atoms with Gasteiger partial charge in [0.25, 0.3) is 0 Å². The average Bonchev–Trinajstić information content (AvgIpc) is 2.76. The second-order valence-electron chi connectivity index (χ2n) is 7.28. The summed E-state index contributed by atoms with van der Waals surface area (Å²) in [6.07, 6.45) is 0.732. The maximum Gasteiger partial charge on any atom is 0.224 e. The van der Waals surface area contributed by atoms with Crippen molar-refractivity contribution >= 4 is 17.5 Å². The van der Waals surface area contributed by atoms with E-state index in [1.165, 1.54) is 19.1 Å². The molecule has 1 unspecified atom stereocenters. The molecule has 2 amide bonds. The van der Waals surface area contributed by atoms with E-state index in [1.807, 2.05) is 36.4 Å². The second kappa shape index (κ2) is 10.4. The third-order valence-corrected chi connectivity index (χ3v) is 4.85. The van der Waals surface area contributed by atoms with Gasteiger partial charge >= 0.3 is 0 Å². The molecule has 6 heteroatoms. The summed E-state index contributed by atoms with van der Waals surface area (Å²) in [6.45, 7) is 1.45. The zero-order chi connectivity index (χ0) is 22.2. The zero-order valence-corrected chi connectivity index (χ0v) is 17.5. The molecule has 0 saturated heterocycles. The predicted octanol–water partition coefficient (Wildman–Crippen LogP) is 4.44. The molecule has 5 nitrogen and oxygen atoms in total. The molecule has 3 aromatic carbocycles. The first kappa shape index (κ1) is 22.0. The molecule has 0 saturated carbocycles. The van der Waals surface area contributed by atoms with Crippen molar-refractivity contribution in [3.05, 3.63) is 95.3 Å². The van der Waals surface area contributed by atoms with E-state index in [0.717, 1.165) is 22.4 Å². The highest BCUT2D eigenvalue weighted by molar-refractivity contribution is 5.88. The van der Waals surface area contributed by atoms with E-state index in [0.29, 0.717) is 12.1 Å². The maximum atomic E-state index is 13.3. The van der Waals surface area contributed by atoms with Gasteiger partial charge in [-0.2, -0.15) is 0 Å². The van der Waals surface area contributed by atoms with Gasteiger partial charge in [0.05, 0.1) is 19.6 Å². The van der Waals surface area contributed by atoms with Crippen molar-refractivity contribution in [1.29, 1.82) is 0 Å². The Balaban J connectivity index is 1.72. The number of halogens is 1. The molecule has 2 N–H and O–H groups in total. The Morgan fingerprint density at radius 1 is 0.903 bits per heavy atom. The van der Waals surface area contributed by atoms with E-state index in [-0.39, 0.29) is 30.1 Å². The second-order valence-corrected chi connectivity index (χ2v) is 7.28. The molecule has 0 heterocycles. The van der Waals surface area contributed by atoms with Crippen molar-refractivity contribution < 1.29 is 18.7 Å². The van der Waals surface area contributed by atoms with Gasteiger partial charge in [-0.15, -0.1) is 0 Å². The lowest BCUT2D eigenvalue weighted by molar-refractivity contribution is -0.121. The standard InChI is InChI=1S/C25H25FN2O3/c1-17(29)27-22-11-5-19(6-12-22)16-25(30)28-24(15-18-3-9-21(26)10-4-18)20-7-13-23(31-2)14-8-20/h3-14,24H,15-16H2,1-2H3,(H,27,29)(H,28,30). The summed E-state index contributed by atoms with van der Waals surface area (Å²) in [5.41, 5.74) is 3.37. The Labute approximate surface area is 181 Å². The minimum Gasteiger partial charge on any atom is -0.497 e. The Hall–Kier alpha value is -3.67. The van der Waals surface area contributed by atoms with Crippen LogP contribution in [0.3, 0.4) is 0 Å². The SMILES string of the molecule is COc1ccc(C(Cc2ccc(F)cc2)NC(=O)Cc2ccc(NC(C)=O)cc2)cc1. The Bertz CT molecular complexity index is 1020. The summed E-state index contributed by atoms with van der Waals surface area (Å²) >= 11 is 0. The number of methoxy groups -OCH3 is 1. The molecule has 3 rings (SSSR count). The van der Waals surface area contributed by atoms with Gasteiger partial charge in [0.1, 0.15) is 11.6 Å². The van der Waals surface area contributed by atoms with Crippen LogP contribution in [0.2, 0.25) is 0 Å². The Kier molecular flexibility index (Phi) is 7.38. The van der Waals surface area contributed by atoms with Gasteiger partial charge in [-0.3, -0.25) is 9.59 Å². The largest absolute Gasteiger partial charge is 0.497 e. The number of carbonyl (C=O) groups excluding carboxylic acids is 2. The molecule has 1 atom stereocenters. The minimum absolute atomic E-state index is 0.129. The fourth-order valence-electron chi connectivity index (χ4n) is 3.28. The van der Waals surface area contributed by atoms with E-state index >= 15 is 0 Å². The van der Waals surface area contributed by atoms with Gasteiger partial charge in [0, 0.05) is 12.6 Å². The molecule has 160 valence electrons. The smallest absolute Gasteiger partial charge is 0.224 e. The number of anilines is 1. The van der Waals surface area contributed by atoms with E-state index < -0.39 is 0 Å². The lowest BCUT2D eigenvalue weighted by Gasteiger charge is -2.20. The van der Waals surface area contributed by atoms with Crippen LogP contribution in [-0.2, 0) is 22.4 Å². The lowest BCUT2D eigenvalue weighted by Crippen LogP contribution is -2.31. The molecule has 0 fully saturated rings. The van der Waals surface area contributed by atoms with Crippen molar-refractivity contribution in [2.24, 2.45) is 0 Å². The van der Waals surface area contributed by atoms with Gasteiger partial charge in [0.15, 0.2) is 0 Å². The lowest BCUT2D eigenvalue weighted by atomic mass is 9.98. The third kappa shape index (κ3) is 6.67. The first-order valence-corrected chi connectivity index (χ1v) is 9.97. The maximum absolute atomic E-state index is 13.3. The highest BCUT2D eigenvalue weighted by atomic mass is 19.1. The fraction of sp³-hybridized carbons (Fsp3) is 0.200. The van der Waals surface area contributed by atoms with E-state index in [9.17, 15) is 14.0 Å². The molecular weight excluding hydrogens is 395 g/mol. The first-order valence-electron chi connectivity index (χ1n) is 9.97. The number of rotatable bonds is 8. The van der Waals surface area contributed by atoms with Crippen LogP contribution in [0.15, 0.2) is 72.8 Å². The minimum atomic E-state index is -0.295. The molecule has 31 heavy (non-hydrogen) atoms. The molecular formula is C25H25FN2O3. The quantitative estimate of drug-likeness (QED) is 0.566. The number of benzene rings is 3. The van der Waals surface area contributed by atoms with Crippen LogP contribution in [0.5, 0.6) is 5.75 Å². The van der Waals surface area contributed by atoms with E-state index in [1.54, 1.807) is 31.4 Å². The summed E-state index contributed by atoms with van der Waals surface area (Å²) in [6, 6.07) is 20.7. The summed E-state index contributed by atoms with van der Waals surface area (Å²) in [5.74, 6) is 0.162. The van der Waals surface area contributed by atoms with Crippen LogP contribution in [-0.4, -0.2) is 18.9 Å². The van der Waals surface area contributed by atoms with E-state index in [4.69, 9.17) is 4.74 Å². The van der Waals surface area contributed by atoms with E-state index in [2.05, 4.69) is 10.6 Å². The third-order valence-electron chi connectivity index (χ3n) is 4.85. The topological polar surface area (TPSA) is 67.4 Å². The van der Waals surface area contributed by atoms with Gasteiger partial charge in [-0.05, 0) is 59.5 Å². The molecule has 0 aromatic heterocycles. The fourth-order valence-corrected chi connectivity index (χ4v) is 3.28. The molecule has 0 bridgehead atoms. The van der Waals surface area contributed by atoms with Crippen LogP contribution in [0.25, 0.3) is 0 Å². The van der Waals surface area contributed by atoms with Crippen molar-refractivity contribution in [1.82, 2.24) is 5.32 Å². The number of carbonyl (C=O) groups is 2. The van der Waals surface area contributed by atoms with Crippen LogP contribution < -0.4 is 15.4 Å². The van der Waals surface area contributed by atoms with Crippen LogP contribution >= 0.6 is 0 Å². The molecule has 0 spiro atoms. The summed E-state index contributed by atoms with van der Waals surface area (Å²) in [7, 11) is 1.60.